The van der Waals surface area contributed by atoms with Crippen LogP contribution in [0.2, 0.25) is 0 Å². The van der Waals surface area contributed by atoms with E-state index in [9.17, 15) is 14.3 Å². The summed E-state index contributed by atoms with van der Waals surface area (Å²) >= 11 is -1.53. The normalized spacial score (nSPS) is 14.2. The molecule has 0 aliphatic heterocycles. The fourth-order valence-electron chi connectivity index (χ4n) is 4.44. The Morgan fingerprint density at radius 3 is 2.10 bits per heavy atom. The molecule has 3 aromatic carbocycles. The number of nitrogens with one attached hydrogen (secondary N) is 1. The highest BCUT2D eigenvalue weighted by atomic mass is 32.2. The average Bonchev–Trinajstić information content (AvgIpc) is 3.01. The van der Waals surface area contributed by atoms with Crippen LogP contribution < -0.4 is 18.9 Å². The Morgan fingerprint density at radius 2 is 1.54 bits per heavy atom. The molecule has 9 nitrogen and oxygen atoms in total. The summed E-state index contributed by atoms with van der Waals surface area (Å²) in [6.45, 7) is 6.31. The number of hydrogen-bond donors (Lipinski definition) is 1. The van der Waals surface area contributed by atoms with E-state index in [1.54, 1.807) is 26.4 Å². The van der Waals surface area contributed by atoms with Crippen molar-refractivity contribution in [2.45, 2.75) is 58.8 Å². The Morgan fingerprint density at radius 1 is 0.902 bits per heavy atom. The van der Waals surface area contributed by atoms with Crippen molar-refractivity contribution in [3.05, 3.63) is 87.0 Å². The van der Waals surface area contributed by atoms with Gasteiger partial charge in [-0.3, -0.25) is 19.0 Å². The number of fused-ring (bicyclic) bond motifs is 1. The van der Waals surface area contributed by atoms with Crippen molar-refractivity contribution in [1.82, 2.24) is 0 Å². The number of aryl methyl sites for hydroxylation is 3. The van der Waals surface area contributed by atoms with E-state index in [0.717, 1.165) is 35.6 Å². The Labute approximate surface area is 246 Å². The van der Waals surface area contributed by atoms with Gasteiger partial charge in [-0.15, -0.1) is 0 Å². The topological polar surface area (TPSA) is 109 Å². The molecule has 0 amide bonds. The van der Waals surface area contributed by atoms with Crippen molar-refractivity contribution in [1.29, 1.82) is 0 Å². The van der Waals surface area contributed by atoms with Crippen molar-refractivity contribution in [2.75, 3.05) is 33.2 Å². The molecular formula is C31H42N2O7S. The lowest BCUT2D eigenvalue weighted by Gasteiger charge is -2.22. The van der Waals surface area contributed by atoms with Crippen LogP contribution in [-0.2, 0) is 34.7 Å². The number of ether oxygens (including phenoxy) is 3. The Bertz CT molecular complexity index is 1300. The molecule has 0 spiro atoms. The van der Waals surface area contributed by atoms with E-state index in [-0.39, 0.29) is 5.69 Å². The van der Waals surface area contributed by atoms with Gasteiger partial charge in [0.25, 0.3) is 11.3 Å². The van der Waals surface area contributed by atoms with E-state index in [0.29, 0.717) is 17.2 Å². The van der Waals surface area contributed by atoms with Crippen LogP contribution in [0.5, 0.6) is 17.2 Å². The number of methoxy groups -OCH3 is 3. The minimum absolute atomic E-state index is 0.0295. The van der Waals surface area contributed by atoms with Crippen LogP contribution in [0.3, 0.4) is 0 Å². The number of anilines is 1. The minimum Gasteiger partial charge on any atom is -0.497 e. The predicted molar refractivity (Wildman–Crippen MR) is 165 cm³/mol. The molecule has 0 fully saturated rings. The lowest BCUT2D eigenvalue weighted by atomic mass is 9.84. The van der Waals surface area contributed by atoms with Gasteiger partial charge in [-0.05, 0) is 90.6 Å². The molecule has 0 heterocycles. The first-order chi connectivity index (χ1) is 19.7. The van der Waals surface area contributed by atoms with Gasteiger partial charge in [-0.25, -0.2) is 4.21 Å². The summed E-state index contributed by atoms with van der Waals surface area (Å²) in [5, 5.41) is 10.6. The number of nitrogens with zero attached hydrogens (tertiary/aromatic N) is 1. The third-order valence-corrected chi connectivity index (χ3v) is 7.52. The number of nitro benzene ring substituents is 1. The molecule has 0 saturated heterocycles. The van der Waals surface area contributed by atoms with Crippen LogP contribution in [0.1, 0.15) is 61.8 Å². The molecule has 0 radical (unpaired) electrons. The van der Waals surface area contributed by atoms with E-state index in [1.807, 2.05) is 31.2 Å². The quantitative estimate of drug-likeness (QED) is 0.209. The molecule has 0 aromatic heterocycles. The number of rotatable bonds is 9. The molecule has 224 valence electrons. The fourth-order valence-corrected chi connectivity index (χ4v) is 4.87. The summed E-state index contributed by atoms with van der Waals surface area (Å²) in [6.07, 6.45) is 5.57. The SMILES string of the molecule is CCc1ccc(OC)c(NS(=O)OC)c1.CCc1ccc(OC)c([N+](=O)[O-])c1.COc1ccc2c(c1)CCCC2C. The monoisotopic (exact) mass is 586 g/mol. The summed E-state index contributed by atoms with van der Waals surface area (Å²) in [5.41, 5.74) is 5.79. The second-order valence-corrected chi connectivity index (χ2v) is 10.4. The molecule has 4 rings (SSSR count). The standard InChI is InChI=1S/C12H16O.C10H15NO3S.C9H11NO3/c1-9-4-3-5-10-8-11(13-2)6-7-12(9)10;1-4-8-5-6-10(13-2)9(7-8)11-15(12)14-3;1-3-7-4-5-9(13-2)8(6-7)10(11)12/h6-9H,3-5H2,1-2H3;5-7,11H,4H2,1-3H3;4-6H,3H2,1-2H3. The first kappa shape index (κ1) is 33.6. The minimum atomic E-state index is -1.53. The van der Waals surface area contributed by atoms with E-state index >= 15 is 0 Å². The van der Waals surface area contributed by atoms with Gasteiger partial charge in [0.1, 0.15) is 11.5 Å². The zero-order valence-electron chi connectivity index (χ0n) is 25.0. The molecule has 1 aliphatic rings. The molecule has 0 bridgehead atoms. The Balaban J connectivity index is 0.000000216. The summed E-state index contributed by atoms with van der Waals surface area (Å²) in [6, 6.07) is 17.2. The first-order valence-corrected chi connectivity index (χ1v) is 14.7. The Hall–Kier alpha value is -3.63. The molecule has 2 unspecified atom stereocenters. The van der Waals surface area contributed by atoms with Crippen molar-refractivity contribution in [3.8, 4) is 17.2 Å². The maximum Gasteiger partial charge on any atom is 0.311 e. The van der Waals surface area contributed by atoms with E-state index in [2.05, 4.69) is 41.0 Å². The van der Waals surface area contributed by atoms with Gasteiger partial charge in [-0.2, -0.15) is 0 Å². The van der Waals surface area contributed by atoms with Gasteiger partial charge < -0.3 is 14.2 Å². The van der Waals surface area contributed by atoms with Gasteiger partial charge in [0.15, 0.2) is 5.75 Å². The maximum atomic E-state index is 11.2. The smallest absolute Gasteiger partial charge is 0.311 e. The highest BCUT2D eigenvalue weighted by Crippen LogP contribution is 2.33. The third kappa shape index (κ3) is 10.1. The number of hydrogen-bond acceptors (Lipinski definition) is 7. The van der Waals surface area contributed by atoms with Gasteiger partial charge in [0.2, 0.25) is 0 Å². The molecule has 41 heavy (non-hydrogen) atoms. The van der Waals surface area contributed by atoms with Crippen LogP contribution in [0, 0.1) is 10.1 Å². The second kappa shape index (κ2) is 17.2. The molecule has 0 saturated carbocycles. The van der Waals surface area contributed by atoms with Gasteiger partial charge in [-0.1, -0.05) is 39.0 Å². The summed E-state index contributed by atoms with van der Waals surface area (Å²) in [7, 11) is 6.10. The Kier molecular flexibility index (Phi) is 14.1. The summed E-state index contributed by atoms with van der Waals surface area (Å²) in [4.78, 5) is 10.1. The molecule has 1 N–H and O–H groups in total. The van der Waals surface area contributed by atoms with E-state index in [4.69, 9.17) is 14.2 Å². The molecule has 1 aliphatic carbocycles. The first-order valence-electron chi connectivity index (χ1n) is 13.6. The van der Waals surface area contributed by atoms with E-state index < -0.39 is 16.2 Å². The number of benzene rings is 3. The highest BCUT2D eigenvalue weighted by molar-refractivity contribution is 7.81. The van der Waals surface area contributed by atoms with Crippen molar-refractivity contribution < 1.29 is 27.5 Å². The number of nitro groups is 1. The molecule has 2 atom stereocenters. The van der Waals surface area contributed by atoms with Crippen LogP contribution in [0.4, 0.5) is 11.4 Å². The fraction of sp³-hybridized carbons (Fsp3) is 0.419. The van der Waals surface area contributed by atoms with Crippen molar-refractivity contribution >= 4 is 22.6 Å². The van der Waals surface area contributed by atoms with Crippen molar-refractivity contribution in [2.24, 2.45) is 0 Å². The third-order valence-electron chi connectivity index (χ3n) is 6.83. The maximum absolute atomic E-state index is 11.2. The van der Waals surface area contributed by atoms with Crippen LogP contribution in [0.15, 0.2) is 54.6 Å². The van der Waals surface area contributed by atoms with Crippen molar-refractivity contribution in [3.63, 3.8) is 0 Å². The van der Waals surface area contributed by atoms with Gasteiger partial charge >= 0.3 is 5.69 Å². The predicted octanol–water partition coefficient (Wildman–Crippen LogP) is 7.20. The summed E-state index contributed by atoms with van der Waals surface area (Å²) < 4.78 is 33.7. The van der Waals surface area contributed by atoms with Gasteiger partial charge in [0.05, 0.1) is 39.0 Å². The zero-order chi connectivity index (χ0) is 30.4. The van der Waals surface area contributed by atoms with Gasteiger partial charge in [0, 0.05) is 6.07 Å². The highest BCUT2D eigenvalue weighted by Gasteiger charge is 2.16. The lowest BCUT2D eigenvalue weighted by Crippen LogP contribution is -2.07. The molecular weight excluding hydrogens is 544 g/mol. The van der Waals surface area contributed by atoms with Crippen LogP contribution in [0.25, 0.3) is 0 Å². The summed E-state index contributed by atoms with van der Waals surface area (Å²) in [5.74, 6) is 2.68. The molecule has 3 aromatic rings. The average molecular weight is 587 g/mol. The van der Waals surface area contributed by atoms with Crippen LogP contribution >= 0.6 is 0 Å². The lowest BCUT2D eigenvalue weighted by molar-refractivity contribution is -0.385. The van der Waals surface area contributed by atoms with Crippen LogP contribution in [-0.4, -0.2) is 37.6 Å². The van der Waals surface area contributed by atoms with E-state index in [1.165, 1.54) is 44.6 Å². The zero-order valence-corrected chi connectivity index (χ0v) is 25.8. The second-order valence-electron chi connectivity index (χ2n) is 9.37. The molecule has 10 heteroatoms. The largest absolute Gasteiger partial charge is 0.497 e.